The lowest BCUT2D eigenvalue weighted by Crippen LogP contribution is -2.32. The standard InChI is InChI=1S/C22H17FN2O3/c23-17-7-3-4-8-18(17)24-21-15-5-1-2-6-16(15)22(26)25(21)12-14-9-10-19-20(11-14)28-13-27-19/h1-11,21,24H,12-13H2/t21-/m0/s1. The van der Waals surface area contributed by atoms with Crippen molar-refractivity contribution in [3.05, 3.63) is 89.2 Å². The summed E-state index contributed by atoms with van der Waals surface area (Å²) >= 11 is 0. The molecule has 2 heterocycles. The number of benzene rings is 3. The van der Waals surface area contributed by atoms with Crippen LogP contribution in [0.15, 0.2) is 66.7 Å². The second-order valence-electron chi connectivity index (χ2n) is 6.73. The number of hydrogen-bond donors (Lipinski definition) is 1. The van der Waals surface area contributed by atoms with Gasteiger partial charge in [0.05, 0.1) is 5.69 Å². The van der Waals surface area contributed by atoms with E-state index in [0.29, 0.717) is 29.3 Å². The highest BCUT2D eigenvalue weighted by Gasteiger charge is 2.37. The maximum atomic E-state index is 14.2. The third-order valence-electron chi connectivity index (χ3n) is 5.01. The third-order valence-corrected chi connectivity index (χ3v) is 5.01. The molecule has 0 spiro atoms. The zero-order valence-electron chi connectivity index (χ0n) is 14.9. The lowest BCUT2D eigenvalue weighted by atomic mass is 10.1. The van der Waals surface area contributed by atoms with Gasteiger partial charge in [0.1, 0.15) is 12.0 Å². The Morgan fingerprint density at radius 1 is 1.00 bits per heavy atom. The van der Waals surface area contributed by atoms with Gasteiger partial charge in [-0.05, 0) is 35.9 Å². The molecule has 140 valence electrons. The Hall–Kier alpha value is -3.54. The summed E-state index contributed by atoms with van der Waals surface area (Å²) in [5.41, 5.74) is 2.71. The van der Waals surface area contributed by atoms with E-state index in [1.54, 1.807) is 29.2 Å². The van der Waals surface area contributed by atoms with Crippen molar-refractivity contribution in [1.82, 2.24) is 4.90 Å². The number of rotatable bonds is 4. The largest absolute Gasteiger partial charge is 0.454 e. The molecule has 3 aromatic rings. The van der Waals surface area contributed by atoms with E-state index in [0.717, 1.165) is 11.1 Å². The van der Waals surface area contributed by atoms with Crippen LogP contribution in [0, 0.1) is 5.82 Å². The van der Waals surface area contributed by atoms with Crippen LogP contribution >= 0.6 is 0 Å². The van der Waals surface area contributed by atoms with Crippen LogP contribution in [0.5, 0.6) is 11.5 Å². The second-order valence-corrected chi connectivity index (χ2v) is 6.73. The Morgan fingerprint density at radius 3 is 2.68 bits per heavy atom. The summed E-state index contributed by atoms with van der Waals surface area (Å²) in [4.78, 5) is 14.8. The van der Waals surface area contributed by atoms with E-state index in [4.69, 9.17) is 9.47 Å². The maximum Gasteiger partial charge on any atom is 0.256 e. The van der Waals surface area contributed by atoms with E-state index in [1.165, 1.54) is 6.07 Å². The number of nitrogens with one attached hydrogen (secondary N) is 1. The van der Waals surface area contributed by atoms with Crippen molar-refractivity contribution in [2.45, 2.75) is 12.7 Å². The molecule has 28 heavy (non-hydrogen) atoms. The summed E-state index contributed by atoms with van der Waals surface area (Å²) in [6.45, 7) is 0.556. The first-order valence-corrected chi connectivity index (χ1v) is 9.00. The molecular weight excluding hydrogens is 359 g/mol. The molecule has 0 saturated carbocycles. The number of carbonyl (C=O) groups excluding carboxylic acids is 1. The van der Waals surface area contributed by atoms with Gasteiger partial charge in [-0.25, -0.2) is 4.39 Å². The number of hydrogen-bond acceptors (Lipinski definition) is 4. The molecule has 0 aromatic heterocycles. The fourth-order valence-electron chi connectivity index (χ4n) is 3.65. The summed E-state index contributed by atoms with van der Waals surface area (Å²) < 4.78 is 25.0. The van der Waals surface area contributed by atoms with Crippen LogP contribution in [-0.4, -0.2) is 17.6 Å². The molecule has 0 unspecified atom stereocenters. The van der Waals surface area contributed by atoms with E-state index in [1.807, 2.05) is 36.4 Å². The number of anilines is 1. The van der Waals surface area contributed by atoms with Gasteiger partial charge in [0, 0.05) is 17.7 Å². The van der Waals surface area contributed by atoms with E-state index >= 15 is 0 Å². The van der Waals surface area contributed by atoms with E-state index in [2.05, 4.69) is 5.32 Å². The molecule has 2 aliphatic heterocycles. The molecule has 0 saturated heterocycles. The minimum atomic E-state index is -0.467. The van der Waals surface area contributed by atoms with Gasteiger partial charge < -0.3 is 19.7 Å². The number of amides is 1. The minimum absolute atomic E-state index is 0.0953. The number of fused-ring (bicyclic) bond motifs is 2. The van der Waals surface area contributed by atoms with E-state index < -0.39 is 6.17 Å². The molecular formula is C22H17FN2O3. The van der Waals surface area contributed by atoms with Crippen LogP contribution in [-0.2, 0) is 6.54 Å². The number of carbonyl (C=O) groups is 1. The zero-order valence-corrected chi connectivity index (χ0v) is 14.9. The Balaban J connectivity index is 1.50. The van der Waals surface area contributed by atoms with Crippen LogP contribution in [0.1, 0.15) is 27.7 Å². The first-order chi connectivity index (χ1) is 13.7. The molecule has 1 amide bonds. The molecule has 3 aromatic carbocycles. The topological polar surface area (TPSA) is 50.8 Å². The predicted octanol–water partition coefficient (Wildman–Crippen LogP) is 4.32. The van der Waals surface area contributed by atoms with Gasteiger partial charge in [-0.1, -0.05) is 36.4 Å². The van der Waals surface area contributed by atoms with Crippen LogP contribution in [0.25, 0.3) is 0 Å². The molecule has 0 fully saturated rings. The summed E-state index contributed by atoms with van der Waals surface area (Å²) in [6.07, 6.45) is -0.467. The zero-order chi connectivity index (χ0) is 19.1. The second kappa shape index (κ2) is 6.56. The van der Waals surface area contributed by atoms with Crippen LogP contribution < -0.4 is 14.8 Å². The molecule has 6 heteroatoms. The van der Waals surface area contributed by atoms with Crippen LogP contribution in [0.4, 0.5) is 10.1 Å². The SMILES string of the molecule is O=C1c2ccccc2[C@@H](Nc2ccccc2F)N1Cc1ccc2c(c1)OCO2. The van der Waals surface area contributed by atoms with Crippen molar-refractivity contribution in [3.8, 4) is 11.5 Å². The van der Waals surface area contributed by atoms with Crippen molar-refractivity contribution in [3.63, 3.8) is 0 Å². The summed E-state index contributed by atoms with van der Waals surface area (Å²) in [5, 5.41) is 3.19. The Kier molecular flexibility index (Phi) is 3.90. The number of ether oxygens (including phenoxy) is 2. The summed E-state index contributed by atoms with van der Waals surface area (Å²) in [5.74, 6) is 0.908. The van der Waals surface area contributed by atoms with E-state index in [9.17, 15) is 9.18 Å². The normalized spacial score (nSPS) is 17.0. The number of halogens is 1. The Labute approximate surface area is 161 Å². The molecule has 0 aliphatic carbocycles. The molecule has 5 rings (SSSR count). The first-order valence-electron chi connectivity index (χ1n) is 9.00. The summed E-state index contributed by atoms with van der Waals surface area (Å²) in [7, 11) is 0. The van der Waals surface area contributed by atoms with Crippen molar-refractivity contribution in [1.29, 1.82) is 0 Å². The quantitative estimate of drug-likeness (QED) is 0.737. The van der Waals surface area contributed by atoms with Crippen molar-refractivity contribution >= 4 is 11.6 Å². The van der Waals surface area contributed by atoms with Crippen LogP contribution in [0.2, 0.25) is 0 Å². The first kappa shape index (κ1) is 16.6. The lowest BCUT2D eigenvalue weighted by Gasteiger charge is -2.27. The predicted molar refractivity (Wildman–Crippen MR) is 102 cm³/mol. The highest BCUT2D eigenvalue weighted by atomic mass is 19.1. The van der Waals surface area contributed by atoms with Crippen molar-refractivity contribution in [2.75, 3.05) is 12.1 Å². The minimum Gasteiger partial charge on any atom is -0.454 e. The average molecular weight is 376 g/mol. The molecule has 0 bridgehead atoms. The number of para-hydroxylation sites is 1. The monoisotopic (exact) mass is 376 g/mol. The fourth-order valence-corrected chi connectivity index (χ4v) is 3.65. The van der Waals surface area contributed by atoms with Crippen molar-refractivity contribution < 1.29 is 18.7 Å². The third kappa shape index (κ3) is 2.74. The Morgan fingerprint density at radius 2 is 1.79 bits per heavy atom. The van der Waals surface area contributed by atoms with E-state index in [-0.39, 0.29) is 18.5 Å². The van der Waals surface area contributed by atoms with Gasteiger partial charge in [0.2, 0.25) is 6.79 Å². The molecule has 5 nitrogen and oxygen atoms in total. The van der Waals surface area contributed by atoms with Gasteiger partial charge >= 0.3 is 0 Å². The highest BCUT2D eigenvalue weighted by Crippen LogP contribution is 2.38. The van der Waals surface area contributed by atoms with Gasteiger partial charge in [0.15, 0.2) is 11.5 Å². The molecule has 0 radical (unpaired) electrons. The fraction of sp³-hybridized carbons (Fsp3) is 0.136. The van der Waals surface area contributed by atoms with Gasteiger partial charge in [-0.3, -0.25) is 4.79 Å². The van der Waals surface area contributed by atoms with Gasteiger partial charge in [-0.2, -0.15) is 0 Å². The summed E-state index contributed by atoms with van der Waals surface area (Å²) in [6, 6.07) is 19.5. The van der Waals surface area contributed by atoms with Gasteiger partial charge in [0.25, 0.3) is 5.91 Å². The Bertz CT molecular complexity index is 1070. The maximum absolute atomic E-state index is 14.2. The highest BCUT2D eigenvalue weighted by molar-refractivity contribution is 5.99. The van der Waals surface area contributed by atoms with Crippen LogP contribution in [0.3, 0.4) is 0 Å². The van der Waals surface area contributed by atoms with Crippen molar-refractivity contribution in [2.24, 2.45) is 0 Å². The molecule has 1 N–H and O–H groups in total. The lowest BCUT2D eigenvalue weighted by molar-refractivity contribution is 0.0728. The van der Waals surface area contributed by atoms with Gasteiger partial charge in [-0.15, -0.1) is 0 Å². The average Bonchev–Trinajstić information content (AvgIpc) is 3.28. The smallest absolute Gasteiger partial charge is 0.256 e. The number of nitrogens with zero attached hydrogens (tertiary/aromatic N) is 1. The molecule has 2 aliphatic rings. The molecule has 1 atom stereocenters.